The van der Waals surface area contributed by atoms with Crippen molar-refractivity contribution in [1.29, 1.82) is 0 Å². The third kappa shape index (κ3) is 4.12. The summed E-state index contributed by atoms with van der Waals surface area (Å²) >= 11 is 0. The molecule has 1 aromatic carbocycles. The highest BCUT2D eigenvalue weighted by Gasteiger charge is 2.44. The van der Waals surface area contributed by atoms with Crippen LogP contribution in [-0.2, 0) is 11.3 Å². The predicted octanol–water partition coefficient (Wildman–Crippen LogP) is 2.84. The molecule has 140 valence electrons. The zero-order valence-corrected chi connectivity index (χ0v) is 15.9. The van der Waals surface area contributed by atoms with Gasteiger partial charge in [0.2, 0.25) is 5.91 Å². The van der Waals surface area contributed by atoms with Gasteiger partial charge in [0, 0.05) is 24.2 Å². The van der Waals surface area contributed by atoms with Gasteiger partial charge in [-0.2, -0.15) is 5.10 Å². The van der Waals surface area contributed by atoms with E-state index in [2.05, 4.69) is 23.4 Å². The molecule has 1 aromatic heterocycles. The van der Waals surface area contributed by atoms with Crippen molar-refractivity contribution in [2.45, 2.75) is 39.3 Å². The number of nitrogens with zero attached hydrogens (tertiary/aromatic N) is 3. The van der Waals surface area contributed by atoms with Gasteiger partial charge in [-0.1, -0.05) is 12.1 Å². The number of halogens is 1. The van der Waals surface area contributed by atoms with Crippen molar-refractivity contribution in [1.82, 2.24) is 20.0 Å². The Kier molecular flexibility index (Phi) is 5.14. The third-order valence-electron chi connectivity index (χ3n) is 5.13. The number of benzene rings is 1. The van der Waals surface area contributed by atoms with Crippen molar-refractivity contribution in [3.8, 4) is 0 Å². The van der Waals surface area contributed by atoms with Crippen molar-refractivity contribution < 1.29 is 9.18 Å². The average Bonchev–Trinajstić information content (AvgIpc) is 3.26. The van der Waals surface area contributed by atoms with Gasteiger partial charge in [-0.05, 0) is 64.5 Å². The number of carbonyl (C=O) groups excluding carboxylic acids is 1. The lowest BCUT2D eigenvalue weighted by Gasteiger charge is -2.25. The minimum absolute atomic E-state index is 0.0544. The molecule has 1 atom stereocenters. The fraction of sp³-hybridized carbons (Fsp3) is 0.500. The number of carbonyl (C=O) groups is 1. The monoisotopic (exact) mass is 358 g/mol. The average molecular weight is 358 g/mol. The SMILES string of the molecule is Cc1cc(C)n(CC2(CNC(=O)[C@H](c3ccc(F)cc3)N(C)C)CC2)n1. The van der Waals surface area contributed by atoms with Crippen molar-refractivity contribution in [2.24, 2.45) is 5.41 Å². The molecule has 2 aromatic rings. The molecule has 0 bridgehead atoms. The van der Waals surface area contributed by atoms with Crippen LogP contribution in [0.1, 0.15) is 35.8 Å². The molecule has 0 aliphatic heterocycles. The summed E-state index contributed by atoms with van der Waals surface area (Å²) in [5.41, 5.74) is 3.06. The lowest BCUT2D eigenvalue weighted by atomic mass is 10.0. The summed E-state index contributed by atoms with van der Waals surface area (Å²) < 4.78 is 15.2. The quantitative estimate of drug-likeness (QED) is 0.828. The first-order valence-electron chi connectivity index (χ1n) is 9.00. The topological polar surface area (TPSA) is 50.2 Å². The first-order chi connectivity index (χ1) is 12.3. The number of rotatable bonds is 7. The minimum atomic E-state index is -0.430. The summed E-state index contributed by atoms with van der Waals surface area (Å²) in [4.78, 5) is 14.6. The van der Waals surface area contributed by atoms with Gasteiger partial charge in [-0.3, -0.25) is 14.4 Å². The molecule has 1 N–H and O–H groups in total. The van der Waals surface area contributed by atoms with E-state index in [9.17, 15) is 9.18 Å². The molecule has 1 amide bonds. The summed E-state index contributed by atoms with van der Waals surface area (Å²) in [7, 11) is 3.72. The highest BCUT2D eigenvalue weighted by atomic mass is 19.1. The highest BCUT2D eigenvalue weighted by Crippen LogP contribution is 2.46. The predicted molar refractivity (Wildman–Crippen MR) is 99.2 cm³/mol. The van der Waals surface area contributed by atoms with Gasteiger partial charge in [0.1, 0.15) is 11.9 Å². The molecule has 1 saturated carbocycles. The molecule has 1 aliphatic rings. The van der Waals surface area contributed by atoms with Crippen LogP contribution in [0.25, 0.3) is 0 Å². The minimum Gasteiger partial charge on any atom is -0.354 e. The van der Waals surface area contributed by atoms with Crippen molar-refractivity contribution in [2.75, 3.05) is 20.6 Å². The van der Waals surface area contributed by atoms with Gasteiger partial charge in [0.05, 0.1) is 5.69 Å². The van der Waals surface area contributed by atoms with Gasteiger partial charge in [0.25, 0.3) is 0 Å². The first-order valence-corrected chi connectivity index (χ1v) is 9.00. The maximum absolute atomic E-state index is 13.2. The number of nitrogens with one attached hydrogen (secondary N) is 1. The van der Waals surface area contributed by atoms with Gasteiger partial charge in [-0.15, -0.1) is 0 Å². The van der Waals surface area contributed by atoms with Crippen LogP contribution in [0.2, 0.25) is 0 Å². The molecular formula is C20H27FN4O. The smallest absolute Gasteiger partial charge is 0.241 e. The number of aromatic nitrogens is 2. The summed E-state index contributed by atoms with van der Waals surface area (Å²) in [5.74, 6) is -0.352. The Morgan fingerprint density at radius 2 is 1.96 bits per heavy atom. The fourth-order valence-corrected chi connectivity index (χ4v) is 3.42. The summed E-state index contributed by atoms with van der Waals surface area (Å²) in [5, 5.41) is 7.65. The van der Waals surface area contributed by atoms with Crippen LogP contribution in [0, 0.1) is 25.1 Å². The molecule has 1 heterocycles. The number of likely N-dealkylation sites (N-methyl/N-ethyl adjacent to an activating group) is 1. The molecule has 5 nitrogen and oxygen atoms in total. The molecule has 1 fully saturated rings. The van der Waals surface area contributed by atoms with E-state index in [1.807, 2.05) is 30.6 Å². The van der Waals surface area contributed by atoms with Crippen LogP contribution in [0.15, 0.2) is 30.3 Å². The Balaban J connectivity index is 1.64. The summed E-state index contributed by atoms with van der Waals surface area (Å²) in [6.45, 7) is 5.52. The van der Waals surface area contributed by atoms with Gasteiger partial charge in [-0.25, -0.2) is 4.39 Å². The molecule has 3 rings (SSSR count). The third-order valence-corrected chi connectivity index (χ3v) is 5.13. The molecule has 26 heavy (non-hydrogen) atoms. The molecule has 0 spiro atoms. The van der Waals surface area contributed by atoms with Crippen LogP contribution in [0.3, 0.4) is 0 Å². The van der Waals surface area contributed by atoms with E-state index in [0.29, 0.717) is 6.54 Å². The zero-order valence-electron chi connectivity index (χ0n) is 15.9. The summed E-state index contributed by atoms with van der Waals surface area (Å²) in [6.07, 6.45) is 2.18. The highest BCUT2D eigenvalue weighted by molar-refractivity contribution is 5.83. The van der Waals surface area contributed by atoms with Crippen molar-refractivity contribution in [3.05, 3.63) is 53.1 Å². The van der Waals surface area contributed by atoms with E-state index >= 15 is 0 Å². The molecule has 1 aliphatic carbocycles. The maximum Gasteiger partial charge on any atom is 0.241 e. The second-order valence-electron chi connectivity index (χ2n) is 7.72. The van der Waals surface area contributed by atoms with Crippen molar-refractivity contribution in [3.63, 3.8) is 0 Å². The number of amides is 1. The van der Waals surface area contributed by atoms with E-state index in [1.54, 1.807) is 12.1 Å². The van der Waals surface area contributed by atoms with Gasteiger partial charge < -0.3 is 5.32 Å². The Morgan fingerprint density at radius 1 is 1.31 bits per heavy atom. The number of hydrogen-bond acceptors (Lipinski definition) is 3. The second-order valence-corrected chi connectivity index (χ2v) is 7.72. The fourth-order valence-electron chi connectivity index (χ4n) is 3.42. The number of aryl methyl sites for hydroxylation is 2. The standard InChI is InChI=1S/C20H27FN4O/c1-14-11-15(2)25(23-14)13-20(9-10-20)12-22-19(26)18(24(3)4)16-5-7-17(21)8-6-16/h5-8,11,18H,9-10,12-13H2,1-4H3,(H,22,26)/t18-/m0/s1. The molecular weight excluding hydrogens is 331 g/mol. The Morgan fingerprint density at radius 3 is 2.46 bits per heavy atom. The van der Waals surface area contributed by atoms with E-state index in [0.717, 1.165) is 36.3 Å². The van der Waals surface area contributed by atoms with E-state index < -0.39 is 6.04 Å². The molecule has 0 unspecified atom stereocenters. The lowest BCUT2D eigenvalue weighted by molar-refractivity contribution is -0.126. The number of hydrogen-bond donors (Lipinski definition) is 1. The molecule has 6 heteroatoms. The normalized spacial score (nSPS) is 16.5. The first kappa shape index (κ1) is 18.6. The van der Waals surface area contributed by atoms with Crippen LogP contribution < -0.4 is 5.32 Å². The van der Waals surface area contributed by atoms with Crippen LogP contribution in [0.4, 0.5) is 4.39 Å². The molecule has 0 saturated heterocycles. The maximum atomic E-state index is 13.2. The van der Waals surface area contributed by atoms with Gasteiger partial charge >= 0.3 is 0 Å². The zero-order chi connectivity index (χ0) is 18.9. The van der Waals surface area contributed by atoms with E-state index in [1.165, 1.54) is 12.1 Å². The van der Waals surface area contributed by atoms with E-state index in [-0.39, 0.29) is 17.1 Å². The van der Waals surface area contributed by atoms with Crippen LogP contribution in [0.5, 0.6) is 0 Å². The Hall–Kier alpha value is -2.21. The molecule has 0 radical (unpaired) electrons. The van der Waals surface area contributed by atoms with Gasteiger partial charge in [0.15, 0.2) is 0 Å². The largest absolute Gasteiger partial charge is 0.354 e. The summed E-state index contributed by atoms with van der Waals surface area (Å²) in [6, 6.07) is 7.77. The van der Waals surface area contributed by atoms with Crippen LogP contribution in [-0.4, -0.2) is 41.2 Å². The van der Waals surface area contributed by atoms with Crippen LogP contribution >= 0.6 is 0 Å². The lowest BCUT2D eigenvalue weighted by Crippen LogP contribution is -2.40. The Bertz CT molecular complexity index is 778. The second kappa shape index (κ2) is 7.19. The Labute approximate surface area is 154 Å². The van der Waals surface area contributed by atoms with Crippen molar-refractivity contribution >= 4 is 5.91 Å². The van der Waals surface area contributed by atoms with E-state index in [4.69, 9.17) is 0 Å².